The van der Waals surface area contributed by atoms with Crippen molar-refractivity contribution in [2.45, 2.75) is 38.6 Å². The molecule has 1 saturated heterocycles. The molecule has 1 aliphatic carbocycles. The zero-order valence-corrected chi connectivity index (χ0v) is 19.6. The Hall–Kier alpha value is -3.13. The topological polar surface area (TPSA) is 82.6 Å². The molecule has 8 nitrogen and oxygen atoms in total. The fourth-order valence-electron chi connectivity index (χ4n) is 4.25. The van der Waals surface area contributed by atoms with Crippen molar-refractivity contribution in [2.24, 2.45) is 0 Å². The van der Waals surface area contributed by atoms with Crippen LogP contribution in [0.2, 0.25) is 0 Å². The van der Waals surface area contributed by atoms with Crippen molar-refractivity contribution in [3.05, 3.63) is 42.1 Å². The minimum absolute atomic E-state index is 0.351. The van der Waals surface area contributed by atoms with Gasteiger partial charge in [0.05, 0.1) is 6.61 Å². The number of esters is 1. The maximum Gasteiger partial charge on any atom is 0.330 e. The maximum atomic E-state index is 11.7. The summed E-state index contributed by atoms with van der Waals surface area (Å²) in [5.74, 6) is 0.886. The summed E-state index contributed by atoms with van der Waals surface area (Å²) in [6.45, 7) is 6.40. The van der Waals surface area contributed by atoms with Crippen LogP contribution >= 0.6 is 0 Å². The molecule has 0 bridgehead atoms. The molecular formula is C25H34N6O2. The standard InChI is InChI=1S/C25H34N6O2/c1-3-33-23(32)13-8-19-18-26-25(29-24(19)27-20-6-4-5-7-20)28-21-9-11-22(12-10-21)31-16-14-30(2)15-17-31/h8-13,18,20H,3-7,14-17H2,1-2H3,(H2,26,27,28,29). The first-order valence-corrected chi connectivity index (χ1v) is 11.9. The minimum atomic E-state index is -0.369. The van der Waals surface area contributed by atoms with Crippen molar-refractivity contribution >= 4 is 35.2 Å². The van der Waals surface area contributed by atoms with Gasteiger partial charge in [-0.1, -0.05) is 12.8 Å². The summed E-state index contributed by atoms with van der Waals surface area (Å²) < 4.78 is 4.99. The zero-order chi connectivity index (χ0) is 23.0. The Labute approximate surface area is 196 Å². The predicted molar refractivity (Wildman–Crippen MR) is 133 cm³/mol. The Morgan fingerprint density at radius 1 is 1.15 bits per heavy atom. The Kier molecular flexibility index (Phi) is 7.78. The number of anilines is 4. The smallest absolute Gasteiger partial charge is 0.330 e. The van der Waals surface area contributed by atoms with Crippen LogP contribution in [0.4, 0.5) is 23.1 Å². The third-order valence-corrected chi connectivity index (χ3v) is 6.19. The van der Waals surface area contributed by atoms with Gasteiger partial charge in [0.2, 0.25) is 5.95 Å². The number of ether oxygens (including phenoxy) is 1. The van der Waals surface area contributed by atoms with E-state index in [-0.39, 0.29) is 5.97 Å². The van der Waals surface area contributed by atoms with E-state index in [9.17, 15) is 4.79 Å². The van der Waals surface area contributed by atoms with Crippen LogP contribution in [0, 0.1) is 0 Å². The Morgan fingerprint density at radius 3 is 2.58 bits per heavy atom. The summed E-state index contributed by atoms with van der Waals surface area (Å²) in [7, 11) is 2.16. The summed E-state index contributed by atoms with van der Waals surface area (Å²) in [5, 5.41) is 6.86. The van der Waals surface area contributed by atoms with E-state index in [1.54, 1.807) is 19.2 Å². The molecule has 0 unspecified atom stereocenters. The summed E-state index contributed by atoms with van der Waals surface area (Å²) in [6, 6.07) is 8.81. The van der Waals surface area contributed by atoms with Gasteiger partial charge in [-0.15, -0.1) is 0 Å². The SMILES string of the molecule is CCOC(=O)C=Cc1cnc(Nc2ccc(N3CCN(C)CC3)cc2)nc1NC1CCCC1. The third kappa shape index (κ3) is 6.44. The second-order valence-corrected chi connectivity index (χ2v) is 8.67. The largest absolute Gasteiger partial charge is 0.463 e. The van der Waals surface area contributed by atoms with Gasteiger partial charge in [0.15, 0.2) is 0 Å². The second-order valence-electron chi connectivity index (χ2n) is 8.67. The molecule has 0 atom stereocenters. The number of carbonyl (C=O) groups is 1. The van der Waals surface area contributed by atoms with Crippen LogP contribution in [0.15, 0.2) is 36.5 Å². The molecule has 0 amide bonds. The molecule has 0 radical (unpaired) electrons. The molecule has 176 valence electrons. The zero-order valence-electron chi connectivity index (χ0n) is 19.6. The molecule has 2 heterocycles. The molecule has 1 saturated carbocycles. The number of rotatable bonds is 8. The normalized spacial score (nSPS) is 17.5. The van der Waals surface area contributed by atoms with Crippen molar-refractivity contribution in [1.82, 2.24) is 14.9 Å². The highest BCUT2D eigenvalue weighted by Crippen LogP contribution is 2.26. The van der Waals surface area contributed by atoms with E-state index in [1.807, 2.05) is 0 Å². The molecule has 33 heavy (non-hydrogen) atoms. The van der Waals surface area contributed by atoms with E-state index in [0.29, 0.717) is 18.6 Å². The molecule has 8 heteroatoms. The second kappa shape index (κ2) is 11.1. The summed E-state index contributed by atoms with van der Waals surface area (Å²) in [4.78, 5) is 25.7. The van der Waals surface area contributed by atoms with Gasteiger partial charge < -0.3 is 25.2 Å². The molecule has 2 fully saturated rings. The number of aromatic nitrogens is 2. The van der Waals surface area contributed by atoms with E-state index >= 15 is 0 Å². The van der Waals surface area contributed by atoms with Gasteiger partial charge in [-0.25, -0.2) is 9.78 Å². The van der Waals surface area contributed by atoms with Gasteiger partial charge in [-0.3, -0.25) is 0 Å². The van der Waals surface area contributed by atoms with E-state index in [0.717, 1.165) is 56.1 Å². The summed E-state index contributed by atoms with van der Waals surface area (Å²) in [5.41, 5.74) is 2.94. The number of carbonyl (C=O) groups excluding carboxylic acids is 1. The van der Waals surface area contributed by atoms with Gasteiger partial charge in [0.25, 0.3) is 0 Å². The van der Waals surface area contributed by atoms with Crippen LogP contribution in [-0.2, 0) is 9.53 Å². The molecule has 2 N–H and O–H groups in total. The van der Waals surface area contributed by atoms with E-state index in [4.69, 9.17) is 9.72 Å². The number of nitrogens with one attached hydrogen (secondary N) is 2. The van der Waals surface area contributed by atoms with Crippen LogP contribution in [-0.4, -0.2) is 66.7 Å². The third-order valence-electron chi connectivity index (χ3n) is 6.19. The van der Waals surface area contributed by atoms with Crippen molar-refractivity contribution in [1.29, 1.82) is 0 Å². The van der Waals surface area contributed by atoms with Crippen LogP contribution in [0.3, 0.4) is 0 Å². The van der Waals surface area contributed by atoms with Crippen LogP contribution in [0.25, 0.3) is 6.08 Å². The molecular weight excluding hydrogens is 416 g/mol. The number of benzene rings is 1. The van der Waals surface area contributed by atoms with E-state index in [2.05, 4.69) is 56.7 Å². The lowest BCUT2D eigenvalue weighted by molar-refractivity contribution is -0.137. The molecule has 1 aromatic carbocycles. The number of hydrogen-bond donors (Lipinski definition) is 2. The lowest BCUT2D eigenvalue weighted by Crippen LogP contribution is -2.44. The van der Waals surface area contributed by atoms with Crippen molar-refractivity contribution in [3.63, 3.8) is 0 Å². The lowest BCUT2D eigenvalue weighted by Gasteiger charge is -2.34. The Bertz CT molecular complexity index is 948. The molecule has 1 aliphatic heterocycles. The quantitative estimate of drug-likeness (QED) is 0.463. The van der Waals surface area contributed by atoms with Crippen LogP contribution in [0.5, 0.6) is 0 Å². The van der Waals surface area contributed by atoms with Crippen LogP contribution in [0.1, 0.15) is 38.2 Å². The van der Waals surface area contributed by atoms with Gasteiger partial charge in [0, 0.05) is 61.4 Å². The van der Waals surface area contributed by atoms with Gasteiger partial charge in [-0.2, -0.15) is 4.98 Å². The number of hydrogen-bond acceptors (Lipinski definition) is 8. The lowest BCUT2D eigenvalue weighted by atomic mass is 10.2. The molecule has 2 aliphatic rings. The molecule has 0 spiro atoms. The molecule has 1 aromatic heterocycles. The van der Waals surface area contributed by atoms with Gasteiger partial charge in [-0.05, 0) is 57.2 Å². The first-order valence-electron chi connectivity index (χ1n) is 11.9. The van der Waals surface area contributed by atoms with Crippen molar-refractivity contribution in [3.8, 4) is 0 Å². The number of likely N-dealkylation sites (N-methyl/N-ethyl adjacent to an activating group) is 1. The minimum Gasteiger partial charge on any atom is -0.463 e. The average molecular weight is 451 g/mol. The van der Waals surface area contributed by atoms with Crippen molar-refractivity contribution < 1.29 is 9.53 Å². The van der Waals surface area contributed by atoms with E-state index in [1.165, 1.54) is 24.6 Å². The Balaban J connectivity index is 1.47. The van der Waals surface area contributed by atoms with Gasteiger partial charge in [0.1, 0.15) is 5.82 Å². The first kappa shape index (κ1) is 23.0. The molecule has 2 aromatic rings. The summed E-state index contributed by atoms with van der Waals surface area (Å²) in [6.07, 6.45) is 9.57. The van der Waals surface area contributed by atoms with E-state index < -0.39 is 0 Å². The number of piperazine rings is 1. The Morgan fingerprint density at radius 2 is 1.88 bits per heavy atom. The summed E-state index contributed by atoms with van der Waals surface area (Å²) >= 11 is 0. The maximum absolute atomic E-state index is 11.7. The fraction of sp³-hybridized carbons (Fsp3) is 0.480. The van der Waals surface area contributed by atoms with Gasteiger partial charge >= 0.3 is 5.97 Å². The number of nitrogens with zero attached hydrogens (tertiary/aromatic N) is 4. The predicted octanol–water partition coefficient (Wildman–Crippen LogP) is 3.90. The highest BCUT2D eigenvalue weighted by Gasteiger charge is 2.17. The van der Waals surface area contributed by atoms with Crippen molar-refractivity contribution in [2.75, 3.05) is 55.4 Å². The van der Waals surface area contributed by atoms with Crippen LogP contribution < -0.4 is 15.5 Å². The highest BCUT2D eigenvalue weighted by molar-refractivity contribution is 5.88. The molecule has 4 rings (SSSR count). The fourth-order valence-corrected chi connectivity index (χ4v) is 4.25. The highest BCUT2D eigenvalue weighted by atomic mass is 16.5. The average Bonchev–Trinajstić information content (AvgIpc) is 3.33. The first-order chi connectivity index (χ1) is 16.1. The monoisotopic (exact) mass is 450 g/mol.